The average Bonchev–Trinajstić information content (AvgIpc) is 2.89. The SMILES string of the molecule is Nc1cccc2[nH]c(COc3ccccc3C(F)(F)F)cc12. The summed E-state index contributed by atoms with van der Waals surface area (Å²) in [5, 5.41) is 0.824. The standard InChI is InChI=1S/C16H13F3N2O/c17-16(18,19)12-4-1-2-7-15(12)22-9-10-8-11-13(20)5-3-6-14(11)21-10/h1-8,21H,9,20H2. The molecule has 114 valence electrons. The molecule has 6 heteroatoms. The molecule has 0 radical (unpaired) electrons. The molecule has 3 rings (SSSR count). The zero-order valence-electron chi connectivity index (χ0n) is 11.4. The van der Waals surface area contributed by atoms with Gasteiger partial charge in [0.05, 0.1) is 11.3 Å². The highest BCUT2D eigenvalue weighted by molar-refractivity contribution is 5.91. The average molecular weight is 306 g/mol. The molecule has 0 aliphatic carbocycles. The molecule has 3 N–H and O–H groups in total. The Morgan fingerprint density at radius 3 is 2.55 bits per heavy atom. The van der Waals surface area contributed by atoms with Gasteiger partial charge in [0.2, 0.25) is 0 Å². The van der Waals surface area contributed by atoms with Gasteiger partial charge in [-0.3, -0.25) is 0 Å². The first-order valence-electron chi connectivity index (χ1n) is 6.60. The Labute approximate surface area is 124 Å². The maximum absolute atomic E-state index is 12.9. The largest absolute Gasteiger partial charge is 0.487 e. The van der Waals surface area contributed by atoms with E-state index in [9.17, 15) is 13.2 Å². The number of nitrogen functional groups attached to an aromatic ring is 1. The van der Waals surface area contributed by atoms with E-state index in [1.54, 1.807) is 18.2 Å². The van der Waals surface area contributed by atoms with Crippen molar-refractivity contribution in [3.63, 3.8) is 0 Å². The lowest BCUT2D eigenvalue weighted by Gasteiger charge is -2.13. The van der Waals surface area contributed by atoms with Crippen molar-refractivity contribution in [3.8, 4) is 5.75 Å². The molecule has 0 amide bonds. The van der Waals surface area contributed by atoms with Crippen LogP contribution in [0.5, 0.6) is 5.75 Å². The normalized spacial score (nSPS) is 11.8. The van der Waals surface area contributed by atoms with Crippen molar-refractivity contribution in [1.29, 1.82) is 0 Å². The van der Waals surface area contributed by atoms with Crippen molar-refractivity contribution in [1.82, 2.24) is 4.98 Å². The van der Waals surface area contributed by atoms with Crippen LogP contribution in [0.3, 0.4) is 0 Å². The Kier molecular flexibility index (Phi) is 3.44. The number of fused-ring (bicyclic) bond motifs is 1. The van der Waals surface area contributed by atoms with E-state index in [1.165, 1.54) is 18.2 Å². The molecular formula is C16H13F3N2O. The summed E-state index contributed by atoms with van der Waals surface area (Å²) in [7, 11) is 0. The minimum Gasteiger partial charge on any atom is -0.487 e. The predicted molar refractivity (Wildman–Crippen MR) is 78.5 cm³/mol. The van der Waals surface area contributed by atoms with Gasteiger partial charge in [0.1, 0.15) is 12.4 Å². The molecule has 0 spiro atoms. The summed E-state index contributed by atoms with van der Waals surface area (Å²) in [6.07, 6.45) is -4.44. The molecule has 22 heavy (non-hydrogen) atoms. The molecule has 0 fully saturated rings. The van der Waals surface area contributed by atoms with Crippen LogP contribution in [0.15, 0.2) is 48.5 Å². The van der Waals surface area contributed by atoms with Crippen LogP contribution >= 0.6 is 0 Å². The second-order valence-electron chi connectivity index (χ2n) is 4.89. The molecule has 3 aromatic rings. The van der Waals surface area contributed by atoms with Crippen LogP contribution in [0.1, 0.15) is 11.3 Å². The fourth-order valence-corrected chi connectivity index (χ4v) is 2.30. The monoisotopic (exact) mass is 306 g/mol. The maximum Gasteiger partial charge on any atom is 0.419 e. The van der Waals surface area contributed by atoms with Crippen LogP contribution in [-0.4, -0.2) is 4.98 Å². The van der Waals surface area contributed by atoms with Crippen LogP contribution in [0.2, 0.25) is 0 Å². The van der Waals surface area contributed by atoms with Crippen molar-refractivity contribution >= 4 is 16.6 Å². The van der Waals surface area contributed by atoms with Crippen LogP contribution in [-0.2, 0) is 12.8 Å². The molecule has 0 saturated heterocycles. The number of hydrogen-bond donors (Lipinski definition) is 2. The van der Waals surface area contributed by atoms with E-state index in [0.29, 0.717) is 11.4 Å². The van der Waals surface area contributed by atoms with Gasteiger partial charge in [0, 0.05) is 16.6 Å². The number of aromatic nitrogens is 1. The van der Waals surface area contributed by atoms with E-state index in [2.05, 4.69) is 4.98 Å². The molecule has 1 aromatic heterocycles. The fraction of sp³-hybridized carbons (Fsp3) is 0.125. The number of nitrogens with two attached hydrogens (primary N) is 1. The summed E-state index contributed by atoms with van der Waals surface area (Å²) in [6, 6.07) is 12.3. The van der Waals surface area contributed by atoms with Crippen LogP contribution in [0, 0.1) is 0 Å². The predicted octanol–water partition coefficient (Wildman–Crippen LogP) is 4.35. The summed E-state index contributed by atoms with van der Waals surface area (Å²) < 4.78 is 44.0. The lowest BCUT2D eigenvalue weighted by molar-refractivity contribution is -0.139. The zero-order chi connectivity index (χ0) is 15.7. The number of H-pyrrole nitrogens is 1. The number of rotatable bonds is 3. The molecule has 0 aliphatic rings. The zero-order valence-corrected chi connectivity index (χ0v) is 11.4. The van der Waals surface area contributed by atoms with Crippen molar-refractivity contribution < 1.29 is 17.9 Å². The van der Waals surface area contributed by atoms with Gasteiger partial charge >= 0.3 is 6.18 Å². The molecular weight excluding hydrogens is 293 g/mol. The first-order chi connectivity index (χ1) is 10.4. The number of halogens is 3. The van der Waals surface area contributed by atoms with Gasteiger partial charge in [-0.15, -0.1) is 0 Å². The third-order valence-corrected chi connectivity index (χ3v) is 3.33. The van der Waals surface area contributed by atoms with Gasteiger partial charge in [-0.05, 0) is 30.3 Å². The van der Waals surface area contributed by atoms with Gasteiger partial charge in [0.15, 0.2) is 0 Å². The van der Waals surface area contributed by atoms with E-state index < -0.39 is 11.7 Å². The van der Waals surface area contributed by atoms with E-state index in [-0.39, 0.29) is 12.4 Å². The fourth-order valence-electron chi connectivity index (χ4n) is 2.30. The number of ether oxygens (including phenoxy) is 1. The van der Waals surface area contributed by atoms with Crippen molar-refractivity contribution in [2.45, 2.75) is 12.8 Å². The van der Waals surface area contributed by atoms with Crippen molar-refractivity contribution in [2.75, 3.05) is 5.73 Å². The van der Waals surface area contributed by atoms with Crippen LogP contribution < -0.4 is 10.5 Å². The third-order valence-electron chi connectivity index (χ3n) is 3.33. The molecule has 0 aliphatic heterocycles. The molecule has 0 saturated carbocycles. The first-order valence-corrected chi connectivity index (χ1v) is 6.60. The number of nitrogens with one attached hydrogen (secondary N) is 1. The summed E-state index contributed by atoms with van der Waals surface area (Å²) in [5.74, 6) is -0.193. The minimum absolute atomic E-state index is 0.00120. The quantitative estimate of drug-likeness (QED) is 0.707. The van der Waals surface area contributed by atoms with E-state index in [1.807, 2.05) is 6.07 Å². The summed E-state index contributed by atoms with van der Waals surface area (Å²) >= 11 is 0. The molecule has 3 nitrogen and oxygen atoms in total. The van der Waals surface area contributed by atoms with Gasteiger partial charge < -0.3 is 15.5 Å². The van der Waals surface area contributed by atoms with Crippen molar-refractivity contribution in [3.05, 3.63) is 59.8 Å². The maximum atomic E-state index is 12.9. The highest BCUT2D eigenvalue weighted by Crippen LogP contribution is 2.36. The molecule has 1 heterocycles. The second-order valence-corrected chi connectivity index (χ2v) is 4.89. The minimum atomic E-state index is -4.44. The Bertz CT molecular complexity index is 809. The summed E-state index contributed by atoms with van der Waals surface area (Å²) in [4.78, 5) is 3.08. The Morgan fingerprint density at radius 2 is 1.82 bits per heavy atom. The number of hydrogen-bond acceptors (Lipinski definition) is 2. The molecule has 0 atom stereocenters. The summed E-state index contributed by atoms with van der Waals surface area (Å²) in [5.41, 5.74) is 7.15. The Hall–Kier alpha value is -2.63. The third kappa shape index (κ3) is 2.72. The Balaban J connectivity index is 1.84. The topological polar surface area (TPSA) is 51.0 Å². The van der Waals surface area contributed by atoms with Crippen LogP contribution in [0.25, 0.3) is 10.9 Å². The first kappa shape index (κ1) is 14.3. The smallest absolute Gasteiger partial charge is 0.419 e. The number of alkyl halides is 3. The second kappa shape index (κ2) is 5.29. The Morgan fingerprint density at radius 1 is 1.05 bits per heavy atom. The highest BCUT2D eigenvalue weighted by atomic mass is 19.4. The lowest BCUT2D eigenvalue weighted by atomic mass is 10.2. The number of para-hydroxylation sites is 1. The molecule has 2 aromatic carbocycles. The van der Waals surface area contributed by atoms with Gasteiger partial charge in [-0.1, -0.05) is 18.2 Å². The van der Waals surface area contributed by atoms with E-state index >= 15 is 0 Å². The van der Waals surface area contributed by atoms with Gasteiger partial charge in [0.25, 0.3) is 0 Å². The number of anilines is 1. The van der Waals surface area contributed by atoms with E-state index in [0.717, 1.165) is 17.0 Å². The lowest BCUT2D eigenvalue weighted by Crippen LogP contribution is -2.08. The van der Waals surface area contributed by atoms with Gasteiger partial charge in [-0.25, -0.2) is 0 Å². The highest BCUT2D eigenvalue weighted by Gasteiger charge is 2.34. The number of aromatic amines is 1. The molecule has 0 unspecified atom stereocenters. The summed E-state index contributed by atoms with van der Waals surface area (Å²) in [6.45, 7) is 0.00120. The number of benzene rings is 2. The van der Waals surface area contributed by atoms with E-state index in [4.69, 9.17) is 10.5 Å². The van der Waals surface area contributed by atoms with Crippen molar-refractivity contribution in [2.24, 2.45) is 0 Å². The van der Waals surface area contributed by atoms with Crippen LogP contribution in [0.4, 0.5) is 18.9 Å². The molecule has 0 bridgehead atoms. The van der Waals surface area contributed by atoms with Gasteiger partial charge in [-0.2, -0.15) is 13.2 Å².